The Morgan fingerprint density at radius 2 is 2.45 bits per heavy atom. The highest BCUT2D eigenvalue weighted by Gasteiger charge is 2.08. The van der Waals surface area contributed by atoms with Gasteiger partial charge >= 0.3 is 0 Å². The van der Waals surface area contributed by atoms with Crippen LogP contribution in [0.25, 0.3) is 0 Å². The number of nitrogens with one attached hydrogen (secondary N) is 1. The van der Waals surface area contributed by atoms with E-state index in [0.717, 1.165) is 12.4 Å². The average molecular weight is 158 g/mol. The summed E-state index contributed by atoms with van der Waals surface area (Å²) in [5.74, 6) is -0.486. The molecule has 0 aromatic heterocycles. The van der Waals surface area contributed by atoms with Crippen molar-refractivity contribution in [2.45, 2.75) is 6.10 Å². The lowest BCUT2D eigenvalue weighted by molar-refractivity contribution is -0.121. The van der Waals surface area contributed by atoms with Gasteiger partial charge in [0.15, 0.2) is 5.78 Å². The molecule has 0 aliphatic heterocycles. The van der Waals surface area contributed by atoms with E-state index in [4.69, 9.17) is 10.3 Å². The van der Waals surface area contributed by atoms with Gasteiger partial charge in [-0.2, -0.15) is 0 Å². The Balaban J connectivity index is 3.68. The first-order chi connectivity index (χ1) is 5.22. The number of rotatable bonds is 5. The van der Waals surface area contributed by atoms with E-state index in [-0.39, 0.29) is 6.54 Å². The van der Waals surface area contributed by atoms with Crippen molar-refractivity contribution in [3.05, 3.63) is 12.7 Å². The summed E-state index contributed by atoms with van der Waals surface area (Å²) in [6.45, 7) is 3.10. The second-order valence-electron chi connectivity index (χ2n) is 1.75. The first-order valence-electron chi connectivity index (χ1n) is 2.94. The van der Waals surface area contributed by atoms with Crippen LogP contribution in [0.4, 0.5) is 0 Å². The monoisotopic (exact) mass is 158 g/mol. The van der Waals surface area contributed by atoms with Crippen LogP contribution < -0.4 is 5.48 Å². The van der Waals surface area contributed by atoms with E-state index < -0.39 is 11.9 Å². The van der Waals surface area contributed by atoms with E-state index in [2.05, 4.69) is 11.6 Å². The van der Waals surface area contributed by atoms with Crippen molar-refractivity contribution in [2.75, 3.05) is 6.54 Å². The van der Waals surface area contributed by atoms with Gasteiger partial charge in [-0.05, 0) is 6.08 Å². The maximum atomic E-state index is 10.6. The summed E-state index contributed by atoms with van der Waals surface area (Å²) in [6, 6.07) is 0. The fraction of sp³-hybridized carbons (Fsp3) is 0.333. The van der Waals surface area contributed by atoms with E-state index in [1.807, 2.05) is 0 Å². The van der Waals surface area contributed by atoms with Crippen LogP contribution in [0.3, 0.4) is 0 Å². The number of ketones is 1. The number of hydroxylamine groups is 1. The van der Waals surface area contributed by atoms with Gasteiger partial charge in [0.05, 0.1) is 6.54 Å². The summed E-state index contributed by atoms with van der Waals surface area (Å²) in [5, 5.41) is 16.9. The molecule has 0 radical (unpaired) electrons. The number of carbonyl (C=O) groups is 1. The molecule has 1 unspecified atom stereocenters. The minimum absolute atomic E-state index is 0.0849. The van der Waals surface area contributed by atoms with Crippen molar-refractivity contribution < 1.29 is 15.1 Å². The largest absolute Gasteiger partial charge is 0.383 e. The van der Waals surface area contributed by atoms with E-state index in [1.54, 1.807) is 5.48 Å². The lowest BCUT2D eigenvalue weighted by Crippen LogP contribution is -2.21. The highest BCUT2D eigenvalue weighted by atomic mass is 16.5. The number of hydrogen-bond acceptors (Lipinski definition) is 4. The number of aliphatic hydroxyl groups is 1. The SMILES string of the molecule is C=CC(=O)C(O)CN=CNO. The topological polar surface area (TPSA) is 81.9 Å². The van der Waals surface area contributed by atoms with Gasteiger partial charge in [-0.25, -0.2) is 0 Å². The van der Waals surface area contributed by atoms with Crippen molar-refractivity contribution >= 4 is 12.1 Å². The predicted octanol–water partition coefficient (Wildman–Crippen LogP) is -0.891. The van der Waals surface area contributed by atoms with Gasteiger partial charge in [-0.1, -0.05) is 6.58 Å². The quantitative estimate of drug-likeness (QED) is 0.210. The van der Waals surface area contributed by atoms with Crippen molar-refractivity contribution in [3.8, 4) is 0 Å². The molecule has 1 atom stereocenters. The Kier molecular flexibility index (Phi) is 4.97. The van der Waals surface area contributed by atoms with Crippen LogP contribution in [0.15, 0.2) is 17.6 Å². The lowest BCUT2D eigenvalue weighted by Gasteiger charge is -2.00. The molecule has 0 amide bonds. The number of nitrogens with zero attached hydrogens (tertiary/aromatic N) is 1. The molecule has 5 heteroatoms. The number of carbonyl (C=O) groups excluding carboxylic acids is 1. The van der Waals surface area contributed by atoms with Gasteiger partial charge in [0.2, 0.25) is 0 Å². The molecule has 0 rings (SSSR count). The Hall–Kier alpha value is -1.20. The molecule has 3 N–H and O–H groups in total. The standard InChI is InChI=1S/C6H10N2O3/c1-2-5(9)6(10)3-7-4-8-11/h2,4,6,10-11H,1,3H2,(H,7,8). The molecule has 0 spiro atoms. The van der Waals surface area contributed by atoms with E-state index in [0.29, 0.717) is 0 Å². The fourth-order valence-electron chi connectivity index (χ4n) is 0.419. The summed E-state index contributed by atoms with van der Waals surface area (Å²) in [7, 11) is 0. The van der Waals surface area contributed by atoms with E-state index >= 15 is 0 Å². The van der Waals surface area contributed by atoms with Gasteiger partial charge in [-0.3, -0.25) is 20.5 Å². The molecule has 0 heterocycles. The fourth-order valence-corrected chi connectivity index (χ4v) is 0.419. The molecule has 0 aliphatic carbocycles. The van der Waals surface area contributed by atoms with Crippen LogP contribution in [-0.4, -0.2) is 35.1 Å². The maximum absolute atomic E-state index is 10.6. The first kappa shape index (κ1) is 9.80. The van der Waals surface area contributed by atoms with Gasteiger partial charge < -0.3 is 5.11 Å². The summed E-state index contributed by atoms with van der Waals surface area (Å²) < 4.78 is 0. The second-order valence-corrected chi connectivity index (χ2v) is 1.75. The molecule has 0 aliphatic rings. The Labute approximate surface area is 64.0 Å². The summed E-state index contributed by atoms with van der Waals surface area (Å²) in [6.07, 6.45) is 0.823. The van der Waals surface area contributed by atoms with Crippen LogP contribution in [0.5, 0.6) is 0 Å². The predicted molar refractivity (Wildman–Crippen MR) is 39.5 cm³/mol. The summed E-state index contributed by atoms with van der Waals surface area (Å²) in [4.78, 5) is 14.0. The minimum atomic E-state index is -1.17. The van der Waals surface area contributed by atoms with Crippen molar-refractivity contribution in [1.29, 1.82) is 0 Å². The molecule has 62 valence electrons. The smallest absolute Gasteiger partial charge is 0.185 e. The molecular formula is C6H10N2O3. The zero-order valence-corrected chi connectivity index (χ0v) is 5.90. The van der Waals surface area contributed by atoms with Crippen molar-refractivity contribution in [2.24, 2.45) is 4.99 Å². The van der Waals surface area contributed by atoms with Crippen LogP contribution in [-0.2, 0) is 4.79 Å². The molecule has 0 bridgehead atoms. The number of aliphatic hydroxyl groups excluding tert-OH is 1. The molecule has 0 fully saturated rings. The highest BCUT2D eigenvalue weighted by Crippen LogP contribution is 1.86. The Morgan fingerprint density at radius 1 is 1.82 bits per heavy atom. The van der Waals surface area contributed by atoms with Crippen molar-refractivity contribution in [3.63, 3.8) is 0 Å². The van der Waals surface area contributed by atoms with Gasteiger partial charge in [0.25, 0.3) is 0 Å². The van der Waals surface area contributed by atoms with Crippen LogP contribution >= 0.6 is 0 Å². The van der Waals surface area contributed by atoms with Crippen LogP contribution in [0.1, 0.15) is 0 Å². The van der Waals surface area contributed by atoms with Crippen LogP contribution in [0, 0.1) is 0 Å². The van der Waals surface area contributed by atoms with Gasteiger partial charge in [0, 0.05) is 0 Å². The zero-order chi connectivity index (χ0) is 8.69. The van der Waals surface area contributed by atoms with Gasteiger partial charge in [-0.15, -0.1) is 0 Å². The molecular weight excluding hydrogens is 148 g/mol. The van der Waals surface area contributed by atoms with Gasteiger partial charge in [0.1, 0.15) is 12.4 Å². The first-order valence-corrected chi connectivity index (χ1v) is 2.94. The highest BCUT2D eigenvalue weighted by molar-refractivity contribution is 5.93. The Bertz CT molecular complexity index is 167. The normalized spacial score (nSPS) is 12.9. The summed E-state index contributed by atoms with van der Waals surface area (Å²) >= 11 is 0. The lowest BCUT2D eigenvalue weighted by atomic mass is 10.2. The molecule has 5 nitrogen and oxygen atoms in total. The molecule has 11 heavy (non-hydrogen) atoms. The third-order valence-corrected chi connectivity index (χ3v) is 0.957. The zero-order valence-electron chi connectivity index (χ0n) is 5.90. The average Bonchev–Trinajstić information content (AvgIpc) is 2.03. The summed E-state index contributed by atoms with van der Waals surface area (Å²) in [5.41, 5.74) is 1.64. The number of hydrogen-bond donors (Lipinski definition) is 3. The molecule has 0 saturated heterocycles. The van der Waals surface area contributed by atoms with E-state index in [9.17, 15) is 4.79 Å². The molecule has 0 aromatic rings. The third kappa shape index (κ3) is 4.24. The minimum Gasteiger partial charge on any atom is -0.383 e. The van der Waals surface area contributed by atoms with E-state index in [1.165, 1.54) is 0 Å². The number of aliphatic imine (C=N–C) groups is 1. The van der Waals surface area contributed by atoms with Crippen LogP contribution in [0.2, 0.25) is 0 Å². The second kappa shape index (κ2) is 5.57. The molecule has 0 saturated carbocycles. The Morgan fingerprint density at radius 3 is 2.91 bits per heavy atom. The third-order valence-electron chi connectivity index (χ3n) is 0.957. The molecule has 0 aromatic carbocycles. The maximum Gasteiger partial charge on any atom is 0.185 e. The van der Waals surface area contributed by atoms with Crippen molar-refractivity contribution in [1.82, 2.24) is 5.48 Å².